The molecule has 0 aromatic carbocycles. The first-order chi connectivity index (χ1) is 6.79. The second-order valence-electron chi connectivity index (χ2n) is 3.05. The Bertz CT molecular complexity index is 329. The molecule has 1 fully saturated rings. The average molecular weight is 259 g/mol. The van der Waals surface area contributed by atoms with Crippen LogP contribution in [0, 0.1) is 0 Å². The number of nitrogens with zero attached hydrogens (tertiary/aromatic N) is 2. The molecule has 0 spiro atoms. The normalized spacial score (nSPS) is 16.1. The highest BCUT2D eigenvalue weighted by Crippen LogP contribution is 2.22. The van der Waals surface area contributed by atoms with Crippen molar-refractivity contribution in [1.82, 2.24) is 15.3 Å². The van der Waals surface area contributed by atoms with E-state index in [4.69, 9.17) is 4.74 Å². The lowest BCUT2D eigenvalue weighted by atomic mass is 10.2. The summed E-state index contributed by atoms with van der Waals surface area (Å²) >= 11 is 3.30. The van der Waals surface area contributed by atoms with Gasteiger partial charge in [0.15, 0.2) is 0 Å². The Labute approximate surface area is 90.4 Å². The maximum Gasteiger partial charge on any atom is 0.232 e. The average Bonchev–Trinajstić information content (AvgIpc) is 2.14. The molecule has 0 amide bonds. The SMILES string of the molecule is COc1nc(NC2CNC2)ncc1Br. The third-order valence-corrected chi connectivity index (χ3v) is 2.56. The Morgan fingerprint density at radius 1 is 1.64 bits per heavy atom. The number of nitrogens with one attached hydrogen (secondary N) is 2. The highest BCUT2D eigenvalue weighted by Gasteiger charge is 2.17. The molecule has 2 N–H and O–H groups in total. The van der Waals surface area contributed by atoms with Gasteiger partial charge in [-0.1, -0.05) is 0 Å². The van der Waals surface area contributed by atoms with Crippen LogP contribution in [-0.2, 0) is 0 Å². The van der Waals surface area contributed by atoms with Gasteiger partial charge in [0, 0.05) is 13.1 Å². The monoisotopic (exact) mass is 258 g/mol. The number of methoxy groups -OCH3 is 1. The fourth-order valence-corrected chi connectivity index (χ4v) is 1.49. The summed E-state index contributed by atoms with van der Waals surface area (Å²) in [4.78, 5) is 8.33. The van der Waals surface area contributed by atoms with Crippen molar-refractivity contribution in [2.75, 3.05) is 25.5 Å². The molecule has 0 aliphatic carbocycles. The van der Waals surface area contributed by atoms with Crippen molar-refractivity contribution < 1.29 is 4.74 Å². The minimum absolute atomic E-state index is 0.431. The van der Waals surface area contributed by atoms with E-state index < -0.39 is 0 Å². The first-order valence-electron chi connectivity index (χ1n) is 4.33. The van der Waals surface area contributed by atoms with Crippen LogP contribution in [0.4, 0.5) is 5.95 Å². The molecule has 1 aromatic heterocycles. The Hall–Kier alpha value is -0.880. The van der Waals surface area contributed by atoms with Crippen LogP contribution in [0.2, 0.25) is 0 Å². The number of ether oxygens (including phenoxy) is 1. The lowest BCUT2D eigenvalue weighted by molar-refractivity contribution is 0.393. The zero-order chi connectivity index (χ0) is 9.97. The van der Waals surface area contributed by atoms with Crippen molar-refractivity contribution in [1.29, 1.82) is 0 Å². The van der Waals surface area contributed by atoms with Crippen molar-refractivity contribution in [2.24, 2.45) is 0 Å². The fourth-order valence-electron chi connectivity index (χ4n) is 1.14. The number of anilines is 1. The Kier molecular flexibility index (Phi) is 2.83. The molecule has 2 heterocycles. The van der Waals surface area contributed by atoms with Crippen LogP contribution >= 0.6 is 15.9 Å². The molecule has 0 bridgehead atoms. The number of hydrogen-bond acceptors (Lipinski definition) is 5. The summed E-state index contributed by atoms with van der Waals surface area (Å²) in [5.41, 5.74) is 0. The third kappa shape index (κ3) is 1.96. The minimum Gasteiger partial charge on any atom is -0.480 e. The second-order valence-corrected chi connectivity index (χ2v) is 3.90. The van der Waals surface area contributed by atoms with Crippen molar-refractivity contribution >= 4 is 21.9 Å². The lowest BCUT2D eigenvalue weighted by Gasteiger charge is -2.27. The van der Waals surface area contributed by atoms with Crippen LogP contribution in [0.3, 0.4) is 0 Å². The molecule has 0 saturated carbocycles. The first kappa shape index (κ1) is 9.67. The van der Waals surface area contributed by atoms with Crippen LogP contribution in [0.5, 0.6) is 5.88 Å². The van der Waals surface area contributed by atoms with Gasteiger partial charge < -0.3 is 15.4 Å². The van der Waals surface area contributed by atoms with E-state index in [-0.39, 0.29) is 0 Å². The van der Waals surface area contributed by atoms with Crippen LogP contribution < -0.4 is 15.4 Å². The van der Waals surface area contributed by atoms with Gasteiger partial charge in [-0.25, -0.2) is 4.98 Å². The number of aromatic nitrogens is 2. The van der Waals surface area contributed by atoms with Gasteiger partial charge in [-0.05, 0) is 15.9 Å². The summed E-state index contributed by atoms with van der Waals surface area (Å²) < 4.78 is 5.83. The molecule has 0 atom stereocenters. The minimum atomic E-state index is 0.431. The fraction of sp³-hybridized carbons (Fsp3) is 0.500. The number of halogens is 1. The molecular weight excluding hydrogens is 248 g/mol. The zero-order valence-electron chi connectivity index (χ0n) is 7.75. The molecule has 1 aromatic rings. The van der Waals surface area contributed by atoms with E-state index in [0.717, 1.165) is 17.6 Å². The summed E-state index contributed by atoms with van der Waals surface area (Å²) in [5.74, 6) is 1.16. The van der Waals surface area contributed by atoms with Crippen LogP contribution in [0.25, 0.3) is 0 Å². The molecule has 5 nitrogen and oxygen atoms in total. The summed E-state index contributed by atoms with van der Waals surface area (Å²) in [6.45, 7) is 1.92. The summed E-state index contributed by atoms with van der Waals surface area (Å²) in [7, 11) is 1.59. The van der Waals surface area contributed by atoms with Crippen molar-refractivity contribution in [3.8, 4) is 5.88 Å². The van der Waals surface area contributed by atoms with Crippen molar-refractivity contribution in [3.05, 3.63) is 10.7 Å². The highest BCUT2D eigenvalue weighted by atomic mass is 79.9. The van der Waals surface area contributed by atoms with Crippen LogP contribution in [-0.4, -0.2) is 36.2 Å². The highest BCUT2D eigenvalue weighted by molar-refractivity contribution is 9.10. The molecule has 1 saturated heterocycles. The molecule has 1 aliphatic heterocycles. The predicted octanol–water partition coefficient (Wildman–Crippen LogP) is 0.631. The number of rotatable bonds is 3. The lowest BCUT2D eigenvalue weighted by Crippen LogP contribution is -2.51. The number of hydrogen-bond donors (Lipinski definition) is 2. The van der Waals surface area contributed by atoms with E-state index in [0.29, 0.717) is 17.9 Å². The molecule has 0 radical (unpaired) electrons. The van der Waals surface area contributed by atoms with Gasteiger partial charge in [0.2, 0.25) is 11.8 Å². The van der Waals surface area contributed by atoms with E-state index >= 15 is 0 Å². The van der Waals surface area contributed by atoms with Gasteiger partial charge in [0.05, 0.1) is 23.8 Å². The van der Waals surface area contributed by atoms with Crippen molar-refractivity contribution in [2.45, 2.75) is 6.04 Å². The van der Waals surface area contributed by atoms with Crippen LogP contribution in [0.15, 0.2) is 10.7 Å². The quantitative estimate of drug-likeness (QED) is 0.833. The summed E-state index contributed by atoms with van der Waals surface area (Å²) in [6.07, 6.45) is 1.68. The second kappa shape index (κ2) is 4.10. The first-order valence-corrected chi connectivity index (χ1v) is 5.12. The van der Waals surface area contributed by atoms with Crippen molar-refractivity contribution in [3.63, 3.8) is 0 Å². The van der Waals surface area contributed by atoms with Gasteiger partial charge in [-0.3, -0.25) is 0 Å². The zero-order valence-corrected chi connectivity index (χ0v) is 9.34. The Balaban J connectivity index is 2.09. The molecule has 1 aliphatic rings. The largest absolute Gasteiger partial charge is 0.480 e. The van der Waals surface area contributed by atoms with E-state index in [9.17, 15) is 0 Å². The van der Waals surface area contributed by atoms with Crippen LogP contribution in [0.1, 0.15) is 0 Å². The molecular formula is C8H11BrN4O. The standard InChI is InChI=1S/C8H11BrN4O/c1-14-7-6(9)4-11-8(13-7)12-5-2-10-3-5/h4-5,10H,2-3H2,1H3,(H,11,12,13). The Morgan fingerprint density at radius 3 is 3.00 bits per heavy atom. The van der Waals surface area contributed by atoms with E-state index in [2.05, 4.69) is 36.5 Å². The molecule has 76 valence electrons. The van der Waals surface area contributed by atoms with Gasteiger partial charge in [0.1, 0.15) is 0 Å². The molecule has 6 heteroatoms. The van der Waals surface area contributed by atoms with E-state index in [1.165, 1.54) is 0 Å². The van der Waals surface area contributed by atoms with E-state index in [1.807, 2.05) is 0 Å². The van der Waals surface area contributed by atoms with Gasteiger partial charge in [0.25, 0.3) is 0 Å². The van der Waals surface area contributed by atoms with E-state index in [1.54, 1.807) is 13.3 Å². The summed E-state index contributed by atoms with van der Waals surface area (Å²) in [5, 5.41) is 6.36. The topological polar surface area (TPSA) is 59.1 Å². The van der Waals surface area contributed by atoms with Gasteiger partial charge in [-0.2, -0.15) is 4.98 Å². The van der Waals surface area contributed by atoms with Gasteiger partial charge >= 0.3 is 0 Å². The molecule has 2 rings (SSSR count). The third-order valence-electron chi connectivity index (χ3n) is 2.02. The predicted molar refractivity (Wildman–Crippen MR) is 56.6 cm³/mol. The summed E-state index contributed by atoms with van der Waals surface area (Å²) in [6, 6.07) is 0.431. The molecule has 0 unspecified atom stereocenters. The van der Waals surface area contributed by atoms with Gasteiger partial charge in [-0.15, -0.1) is 0 Å². The molecule has 14 heavy (non-hydrogen) atoms. The smallest absolute Gasteiger partial charge is 0.232 e. The Morgan fingerprint density at radius 2 is 2.43 bits per heavy atom. The maximum atomic E-state index is 5.07. The maximum absolute atomic E-state index is 5.07.